The van der Waals surface area contributed by atoms with E-state index in [0.29, 0.717) is 0 Å². The van der Waals surface area contributed by atoms with Crippen molar-refractivity contribution in [3.63, 3.8) is 0 Å². The van der Waals surface area contributed by atoms with Crippen LogP contribution in [0.4, 0.5) is 0 Å². The van der Waals surface area contributed by atoms with Gasteiger partial charge in [0, 0.05) is 5.56 Å². The van der Waals surface area contributed by atoms with Gasteiger partial charge in [0.05, 0.1) is 0 Å². The molecule has 0 unspecified atom stereocenters. The first-order valence-electron chi connectivity index (χ1n) is 5.17. The van der Waals surface area contributed by atoms with E-state index in [4.69, 9.17) is 0 Å². The second-order valence-corrected chi connectivity index (χ2v) is 4.08. The molecule has 0 bridgehead atoms. The lowest BCUT2D eigenvalue weighted by Gasteiger charge is -2.07. The zero-order valence-electron chi connectivity index (χ0n) is 9.36. The average molecular weight is 214 g/mol. The van der Waals surface area contributed by atoms with Crippen LogP contribution in [-0.2, 0) is 0 Å². The summed E-state index contributed by atoms with van der Waals surface area (Å²) in [7, 11) is 0. The van der Waals surface area contributed by atoms with Crippen molar-refractivity contribution in [3.05, 3.63) is 47.5 Å². The monoisotopic (exact) mass is 214 g/mol. The summed E-state index contributed by atoms with van der Waals surface area (Å²) in [5.74, 6) is 0.458. The smallest absolute Gasteiger partial charge is 0.123 e. The lowest BCUT2D eigenvalue weighted by molar-refractivity contribution is 0.474. The SMILES string of the molecule is Cc1cc(O)cc(-c2ccc(C)cc2O)c1. The summed E-state index contributed by atoms with van der Waals surface area (Å²) in [6, 6.07) is 10.8. The van der Waals surface area contributed by atoms with Crippen LogP contribution in [0.2, 0.25) is 0 Å². The van der Waals surface area contributed by atoms with Crippen LogP contribution in [0.15, 0.2) is 36.4 Å². The summed E-state index contributed by atoms with van der Waals surface area (Å²) in [5, 5.41) is 19.4. The standard InChI is InChI=1S/C14H14O2/c1-9-3-4-13(14(16)7-9)11-5-10(2)6-12(15)8-11/h3-8,15-16H,1-2H3. The molecule has 2 heteroatoms. The van der Waals surface area contributed by atoms with Crippen molar-refractivity contribution in [2.75, 3.05) is 0 Å². The minimum atomic E-state index is 0.218. The van der Waals surface area contributed by atoms with E-state index in [9.17, 15) is 10.2 Å². The maximum atomic E-state index is 9.84. The van der Waals surface area contributed by atoms with Gasteiger partial charge in [-0.2, -0.15) is 0 Å². The number of hydrogen-bond donors (Lipinski definition) is 2. The fourth-order valence-electron chi connectivity index (χ4n) is 1.80. The largest absolute Gasteiger partial charge is 0.508 e. The van der Waals surface area contributed by atoms with Gasteiger partial charge in [0.1, 0.15) is 11.5 Å². The van der Waals surface area contributed by atoms with Crippen LogP contribution in [0.1, 0.15) is 11.1 Å². The Kier molecular flexibility index (Phi) is 2.57. The lowest BCUT2D eigenvalue weighted by atomic mass is 10.0. The quantitative estimate of drug-likeness (QED) is 0.764. The Hall–Kier alpha value is -1.96. The van der Waals surface area contributed by atoms with Gasteiger partial charge in [0.15, 0.2) is 0 Å². The molecule has 2 aromatic rings. The second kappa shape index (κ2) is 3.89. The van der Waals surface area contributed by atoms with Crippen molar-refractivity contribution in [1.29, 1.82) is 0 Å². The van der Waals surface area contributed by atoms with Gasteiger partial charge in [-0.15, -0.1) is 0 Å². The van der Waals surface area contributed by atoms with Crippen molar-refractivity contribution in [2.45, 2.75) is 13.8 Å². The zero-order chi connectivity index (χ0) is 11.7. The summed E-state index contributed by atoms with van der Waals surface area (Å²) >= 11 is 0. The molecule has 2 aromatic carbocycles. The third kappa shape index (κ3) is 2.01. The molecule has 82 valence electrons. The molecule has 0 radical (unpaired) electrons. The molecule has 2 rings (SSSR count). The molecule has 2 nitrogen and oxygen atoms in total. The number of aromatic hydroxyl groups is 2. The van der Waals surface area contributed by atoms with E-state index in [2.05, 4.69) is 0 Å². The molecule has 0 heterocycles. The van der Waals surface area contributed by atoms with E-state index in [1.165, 1.54) is 0 Å². The summed E-state index contributed by atoms with van der Waals surface area (Å²) in [4.78, 5) is 0. The Morgan fingerprint density at radius 3 is 2.19 bits per heavy atom. The van der Waals surface area contributed by atoms with E-state index in [1.54, 1.807) is 18.2 Å². The first kappa shape index (κ1) is 10.6. The average Bonchev–Trinajstić information content (AvgIpc) is 2.15. The molecule has 0 amide bonds. The number of benzene rings is 2. The van der Waals surface area contributed by atoms with E-state index in [-0.39, 0.29) is 11.5 Å². The highest BCUT2D eigenvalue weighted by Crippen LogP contribution is 2.32. The van der Waals surface area contributed by atoms with Crippen molar-refractivity contribution >= 4 is 0 Å². The molecule has 0 aliphatic carbocycles. The van der Waals surface area contributed by atoms with Crippen molar-refractivity contribution in [3.8, 4) is 22.6 Å². The molecule has 0 aliphatic rings. The van der Waals surface area contributed by atoms with Gasteiger partial charge in [0.2, 0.25) is 0 Å². The molecule has 0 aliphatic heterocycles. The Labute approximate surface area is 94.8 Å². The van der Waals surface area contributed by atoms with E-state index < -0.39 is 0 Å². The predicted molar refractivity (Wildman–Crippen MR) is 64.7 cm³/mol. The van der Waals surface area contributed by atoms with Crippen LogP contribution in [-0.4, -0.2) is 10.2 Å². The van der Waals surface area contributed by atoms with Gasteiger partial charge in [0.25, 0.3) is 0 Å². The highest BCUT2D eigenvalue weighted by atomic mass is 16.3. The molecular formula is C14H14O2. The minimum absolute atomic E-state index is 0.218. The van der Waals surface area contributed by atoms with Gasteiger partial charge < -0.3 is 10.2 Å². The van der Waals surface area contributed by atoms with E-state index in [0.717, 1.165) is 22.3 Å². The fourth-order valence-corrected chi connectivity index (χ4v) is 1.80. The maximum Gasteiger partial charge on any atom is 0.123 e. The second-order valence-electron chi connectivity index (χ2n) is 4.08. The third-order valence-corrected chi connectivity index (χ3v) is 2.53. The number of hydrogen-bond acceptors (Lipinski definition) is 2. The topological polar surface area (TPSA) is 40.5 Å². The number of phenols is 2. The Balaban J connectivity index is 2.58. The van der Waals surface area contributed by atoms with Gasteiger partial charge in [-0.25, -0.2) is 0 Å². The fraction of sp³-hybridized carbons (Fsp3) is 0.143. The van der Waals surface area contributed by atoms with Crippen LogP contribution < -0.4 is 0 Å². The van der Waals surface area contributed by atoms with Gasteiger partial charge in [-0.05, 0) is 48.7 Å². The molecule has 0 aromatic heterocycles. The summed E-state index contributed by atoms with van der Waals surface area (Å²) in [6.07, 6.45) is 0. The molecule has 2 N–H and O–H groups in total. The first-order valence-corrected chi connectivity index (χ1v) is 5.17. The molecule has 0 saturated carbocycles. The molecule has 16 heavy (non-hydrogen) atoms. The minimum Gasteiger partial charge on any atom is -0.508 e. The van der Waals surface area contributed by atoms with Crippen LogP contribution >= 0.6 is 0 Å². The predicted octanol–water partition coefficient (Wildman–Crippen LogP) is 3.38. The van der Waals surface area contributed by atoms with Crippen LogP contribution in [0.5, 0.6) is 11.5 Å². The van der Waals surface area contributed by atoms with Crippen molar-refractivity contribution < 1.29 is 10.2 Å². The Morgan fingerprint density at radius 1 is 0.812 bits per heavy atom. The van der Waals surface area contributed by atoms with Crippen LogP contribution in [0, 0.1) is 13.8 Å². The summed E-state index contributed by atoms with van der Waals surface area (Å²) in [6.45, 7) is 3.84. The third-order valence-electron chi connectivity index (χ3n) is 2.53. The van der Waals surface area contributed by atoms with E-state index >= 15 is 0 Å². The molecule has 0 saturated heterocycles. The molecule has 0 atom stereocenters. The van der Waals surface area contributed by atoms with Crippen LogP contribution in [0.25, 0.3) is 11.1 Å². The van der Waals surface area contributed by atoms with Gasteiger partial charge in [-0.3, -0.25) is 0 Å². The van der Waals surface area contributed by atoms with Gasteiger partial charge in [-0.1, -0.05) is 18.2 Å². The number of phenolic OH excluding ortho intramolecular Hbond substituents is 2. The zero-order valence-corrected chi connectivity index (χ0v) is 9.36. The molecule has 0 spiro atoms. The Morgan fingerprint density at radius 2 is 1.56 bits per heavy atom. The highest BCUT2D eigenvalue weighted by molar-refractivity contribution is 5.72. The summed E-state index contributed by atoms with van der Waals surface area (Å²) in [5.41, 5.74) is 3.55. The van der Waals surface area contributed by atoms with Crippen molar-refractivity contribution in [1.82, 2.24) is 0 Å². The normalized spacial score (nSPS) is 10.4. The number of aryl methyl sites for hydroxylation is 2. The number of rotatable bonds is 1. The Bertz CT molecular complexity index is 510. The maximum absolute atomic E-state index is 9.84. The summed E-state index contributed by atoms with van der Waals surface area (Å²) < 4.78 is 0. The van der Waals surface area contributed by atoms with E-state index in [1.807, 2.05) is 32.0 Å². The van der Waals surface area contributed by atoms with Gasteiger partial charge >= 0.3 is 0 Å². The molecular weight excluding hydrogens is 200 g/mol. The lowest BCUT2D eigenvalue weighted by Crippen LogP contribution is -1.82. The van der Waals surface area contributed by atoms with Crippen molar-refractivity contribution in [2.24, 2.45) is 0 Å². The molecule has 0 fully saturated rings. The highest BCUT2D eigenvalue weighted by Gasteiger charge is 2.05. The first-order chi connectivity index (χ1) is 7.56. The van der Waals surface area contributed by atoms with Crippen LogP contribution in [0.3, 0.4) is 0 Å².